The first-order valence-corrected chi connectivity index (χ1v) is 14.2. The highest BCUT2D eigenvalue weighted by molar-refractivity contribution is 5.84. The first-order valence-electron chi connectivity index (χ1n) is 14.2. The van der Waals surface area contributed by atoms with Crippen LogP contribution in [0.5, 0.6) is 0 Å². The Morgan fingerprint density at radius 2 is 1.18 bits per heavy atom. The van der Waals surface area contributed by atoms with Gasteiger partial charge in [-0.05, 0) is 62.6 Å². The van der Waals surface area contributed by atoms with Gasteiger partial charge in [-0.1, -0.05) is 91.0 Å². The van der Waals surface area contributed by atoms with Crippen LogP contribution in [-0.2, 0) is 4.79 Å². The third kappa shape index (κ3) is 6.01. The van der Waals surface area contributed by atoms with Crippen molar-refractivity contribution < 1.29 is 4.79 Å². The highest BCUT2D eigenvalue weighted by Crippen LogP contribution is 2.36. The van der Waals surface area contributed by atoms with Gasteiger partial charge in [-0.3, -0.25) is 9.69 Å². The van der Waals surface area contributed by atoms with Crippen LogP contribution in [-0.4, -0.2) is 80.0 Å². The lowest BCUT2D eigenvalue weighted by Crippen LogP contribution is -2.56. The third-order valence-corrected chi connectivity index (χ3v) is 8.60. The summed E-state index contributed by atoms with van der Waals surface area (Å²) in [5.41, 5.74) is 3.75. The molecule has 0 aromatic heterocycles. The minimum atomic E-state index is -0.315. The number of carbonyl (C=O) groups is 1. The number of benzene rings is 3. The minimum Gasteiger partial charge on any atom is -0.339 e. The summed E-state index contributed by atoms with van der Waals surface area (Å²) in [4.78, 5) is 21.2. The summed E-state index contributed by atoms with van der Waals surface area (Å²) in [5.74, 6) is 0.811. The van der Waals surface area contributed by atoms with E-state index in [0.29, 0.717) is 12.0 Å². The van der Waals surface area contributed by atoms with E-state index in [-0.39, 0.29) is 17.9 Å². The number of carbonyl (C=O) groups excluding carboxylic acids is 1. The molecule has 2 fully saturated rings. The number of piperazine rings is 1. The molecule has 0 radical (unpaired) electrons. The molecule has 2 aliphatic heterocycles. The van der Waals surface area contributed by atoms with Crippen LogP contribution < -0.4 is 5.32 Å². The monoisotopic (exact) mass is 510 g/mol. The van der Waals surface area contributed by atoms with Crippen molar-refractivity contribution in [3.63, 3.8) is 0 Å². The van der Waals surface area contributed by atoms with E-state index in [1.165, 1.54) is 18.4 Å². The largest absolute Gasteiger partial charge is 0.339 e. The summed E-state index contributed by atoms with van der Waals surface area (Å²) in [6, 6.07) is 32.0. The molecule has 0 bridgehead atoms. The average Bonchev–Trinajstić information content (AvgIpc) is 2.98. The van der Waals surface area contributed by atoms with E-state index in [9.17, 15) is 4.79 Å². The fourth-order valence-corrected chi connectivity index (χ4v) is 6.52. The van der Waals surface area contributed by atoms with E-state index < -0.39 is 0 Å². The summed E-state index contributed by atoms with van der Waals surface area (Å²) >= 11 is 0. The number of amides is 1. The fourth-order valence-electron chi connectivity index (χ4n) is 6.52. The molecule has 1 N–H and O–H groups in total. The Morgan fingerprint density at radius 3 is 1.66 bits per heavy atom. The van der Waals surface area contributed by atoms with E-state index in [0.717, 1.165) is 50.4 Å². The number of hydrogen-bond donors (Lipinski definition) is 1. The van der Waals surface area contributed by atoms with Gasteiger partial charge in [-0.2, -0.15) is 0 Å². The summed E-state index contributed by atoms with van der Waals surface area (Å²) < 4.78 is 0. The molecule has 5 nitrogen and oxygen atoms in total. The van der Waals surface area contributed by atoms with E-state index in [1.807, 2.05) is 19.2 Å². The molecule has 0 saturated carbocycles. The lowest BCUT2D eigenvalue weighted by atomic mass is 9.83. The predicted octanol–water partition coefficient (Wildman–Crippen LogP) is 4.63. The van der Waals surface area contributed by atoms with Gasteiger partial charge in [0.15, 0.2) is 0 Å². The summed E-state index contributed by atoms with van der Waals surface area (Å²) in [6.45, 7) is 5.69. The van der Waals surface area contributed by atoms with Crippen LogP contribution in [0.15, 0.2) is 91.0 Å². The first kappa shape index (κ1) is 26.6. The number of nitrogens with one attached hydrogen (secondary N) is 1. The zero-order valence-corrected chi connectivity index (χ0v) is 22.9. The first-order chi connectivity index (χ1) is 18.7. The highest BCUT2D eigenvalue weighted by atomic mass is 16.2. The lowest BCUT2D eigenvalue weighted by Gasteiger charge is -2.45. The van der Waals surface area contributed by atoms with Crippen LogP contribution in [0.4, 0.5) is 0 Å². The maximum Gasteiger partial charge on any atom is 0.240 e. The Labute approximate surface area is 228 Å². The van der Waals surface area contributed by atoms with Crippen molar-refractivity contribution in [3.05, 3.63) is 108 Å². The molecular weight excluding hydrogens is 468 g/mol. The van der Waals surface area contributed by atoms with E-state index in [1.54, 1.807) is 0 Å². The normalized spacial score (nSPS) is 19.4. The lowest BCUT2D eigenvalue weighted by molar-refractivity contribution is -0.136. The maximum absolute atomic E-state index is 14.0. The van der Waals surface area contributed by atoms with Crippen LogP contribution >= 0.6 is 0 Å². The van der Waals surface area contributed by atoms with E-state index in [4.69, 9.17) is 0 Å². The molecule has 3 aromatic carbocycles. The number of nitrogens with zero attached hydrogens (tertiary/aromatic N) is 3. The average molecular weight is 511 g/mol. The summed E-state index contributed by atoms with van der Waals surface area (Å²) in [5, 5.41) is 3.40. The van der Waals surface area contributed by atoms with Crippen molar-refractivity contribution >= 4 is 5.91 Å². The number of likely N-dealkylation sites (tertiary alicyclic amines) is 1. The van der Waals surface area contributed by atoms with Crippen molar-refractivity contribution in [1.29, 1.82) is 0 Å². The fraction of sp³-hybridized carbons (Fsp3) is 0.424. The molecule has 38 heavy (non-hydrogen) atoms. The van der Waals surface area contributed by atoms with Crippen molar-refractivity contribution in [3.8, 4) is 0 Å². The molecule has 1 amide bonds. The van der Waals surface area contributed by atoms with Gasteiger partial charge in [0, 0.05) is 38.1 Å². The van der Waals surface area contributed by atoms with Crippen LogP contribution in [0.25, 0.3) is 0 Å². The molecule has 2 unspecified atom stereocenters. The number of piperidine rings is 1. The quantitative estimate of drug-likeness (QED) is 0.480. The second kappa shape index (κ2) is 12.7. The molecule has 3 aromatic rings. The zero-order valence-electron chi connectivity index (χ0n) is 22.9. The van der Waals surface area contributed by atoms with Crippen molar-refractivity contribution in [2.45, 2.75) is 30.8 Å². The number of hydrogen-bond acceptors (Lipinski definition) is 4. The van der Waals surface area contributed by atoms with Gasteiger partial charge in [-0.15, -0.1) is 0 Å². The molecule has 5 rings (SSSR count). The molecule has 0 aliphatic carbocycles. The van der Waals surface area contributed by atoms with Gasteiger partial charge in [0.25, 0.3) is 0 Å². The van der Waals surface area contributed by atoms with Crippen LogP contribution in [0, 0.1) is 5.92 Å². The Balaban J connectivity index is 1.32. The number of rotatable bonds is 8. The predicted molar refractivity (Wildman–Crippen MR) is 155 cm³/mol. The van der Waals surface area contributed by atoms with Gasteiger partial charge in [-0.25, -0.2) is 0 Å². The molecule has 2 aliphatic rings. The molecule has 200 valence electrons. The van der Waals surface area contributed by atoms with Crippen molar-refractivity contribution in [1.82, 2.24) is 20.0 Å². The van der Waals surface area contributed by atoms with E-state index in [2.05, 4.69) is 106 Å². The van der Waals surface area contributed by atoms with Gasteiger partial charge in [0.2, 0.25) is 5.91 Å². The van der Waals surface area contributed by atoms with Gasteiger partial charge in [0.1, 0.15) is 0 Å². The smallest absolute Gasteiger partial charge is 0.240 e. The third-order valence-electron chi connectivity index (χ3n) is 8.60. The maximum atomic E-state index is 14.0. The molecule has 2 heterocycles. The van der Waals surface area contributed by atoms with Crippen LogP contribution in [0.1, 0.15) is 41.5 Å². The molecule has 2 atom stereocenters. The van der Waals surface area contributed by atoms with Gasteiger partial charge < -0.3 is 15.1 Å². The Hall–Kier alpha value is -2.99. The Morgan fingerprint density at radius 1 is 0.711 bits per heavy atom. The molecule has 0 spiro atoms. The zero-order chi connectivity index (χ0) is 26.3. The molecule has 2 saturated heterocycles. The molecular formula is C33H42N4O. The summed E-state index contributed by atoms with van der Waals surface area (Å²) in [7, 11) is 4.15. The second-order valence-corrected chi connectivity index (χ2v) is 10.9. The number of likely N-dealkylation sites (N-methyl/N-ethyl adjacent to an activating group) is 1. The standard InChI is InChI=1S/C33H42N4O/c1-34-31(30(26-12-6-3-7-13-26)27-14-8-4-9-15-27)33(38)37-24-22-36(23-25-37)32(28-16-10-5-11-17-28)29-18-20-35(2)21-19-29/h3-17,29-32,34H,18-25H2,1-2H3. The summed E-state index contributed by atoms with van der Waals surface area (Å²) in [6.07, 6.45) is 2.46. The minimum absolute atomic E-state index is 0.0378. The Bertz CT molecular complexity index is 1080. The van der Waals surface area contributed by atoms with Gasteiger partial charge in [0.05, 0.1) is 6.04 Å². The van der Waals surface area contributed by atoms with E-state index >= 15 is 0 Å². The van der Waals surface area contributed by atoms with Crippen molar-refractivity contribution in [2.75, 3.05) is 53.4 Å². The molecule has 5 heteroatoms. The highest BCUT2D eigenvalue weighted by Gasteiger charge is 2.37. The second-order valence-electron chi connectivity index (χ2n) is 10.9. The Kier molecular flexibility index (Phi) is 8.90. The SMILES string of the molecule is CNC(C(=O)N1CCN(C(c2ccccc2)C2CCN(C)CC2)CC1)C(c1ccccc1)c1ccccc1. The topological polar surface area (TPSA) is 38.8 Å². The van der Waals surface area contributed by atoms with Crippen LogP contribution in [0.2, 0.25) is 0 Å². The van der Waals surface area contributed by atoms with Crippen molar-refractivity contribution in [2.24, 2.45) is 5.92 Å². The van der Waals surface area contributed by atoms with Crippen LogP contribution in [0.3, 0.4) is 0 Å². The van der Waals surface area contributed by atoms with Gasteiger partial charge >= 0.3 is 0 Å².